The molecule has 18 heavy (non-hydrogen) atoms. The van der Waals surface area contributed by atoms with E-state index in [0.717, 1.165) is 37.1 Å². The average molecular weight is 247 g/mol. The van der Waals surface area contributed by atoms with Crippen molar-refractivity contribution in [1.82, 2.24) is 5.32 Å². The van der Waals surface area contributed by atoms with Crippen LogP contribution >= 0.6 is 0 Å². The van der Waals surface area contributed by atoms with Gasteiger partial charge in [-0.1, -0.05) is 19.1 Å². The molecule has 4 heteroatoms. The lowest BCUT2D eigenvalue weighted by atomic mass is 10.2. The highest BCUT2D eigenvalue weighted by molar-refractivity contribution is 5.92. The Labute approximate surface area is 108 Å². The van der Waals surface area contributed by atoms with Crippen molar-refractivity contribution in [3.05, 3.63) is 29.8 Å². The SMILES string of the molecule is CCCN(C(=O)NC1CC1)c1ccc(CN)cc1. The number of carbonyl (C=O) groups is 1. The minimum absolute atomic E-state index is 0.0137. The molecule has 0 heterocycles. The lowest BCUT2D eigenvalue weighted by Crippen LogP contribution is -2.41. The first kappa shape index (κ1) is 12.9. The molecule has 0 aromatic heterocycles. The molecule has 0 atom stereocenters. The van der Waals surface area contributed by atoms with Crippen LogP contribution in [0, 0.1) is 0 Å². The first-order valence-corrected chi connectivity index (χ1v) is 6.61. The number of carbonyl (C=O) groups excluding carboxylic acids is 1. The summed E-state index contributed by atoms with van der Waals surface area (Å²) in [5, 5.41) is 3.03. The summed E-state index contributed by atoms with van der Waals surface area (Å²) in [5.41, 5.74) is 7.59. The standard InChI is InChI=1S/C14H21N3O/c1-2-9-17(14(18)16-12-5-6-12)13-7-3-11(10-15)4-8-13/h3-4,7-8,12H,2,5-6,9-10,15H2,1H3,(H,16,18). The summed E-state index contributed by atoms with van der Waals surface area (Å²) >= 11 is 0. The molecule has 4 nitrogen and oxygen atoms in total. The predicted octanol–water partition coefficient (Wildman–Crippen LogP) is 2.23. The second-order valence-corrected chi connectivity index (χ2v) is 4.75. The fourth-order valence-corrected chi connectivity index (χ4v) is 1.86. The van der Waals surface area contributed by atoms with Gasteiger partial charge in [0, 0.05) is 24.8 Å². The quantitative estimate of drug-likeness (QED) is 0.838. The summed E-state index contributed by atoms with van der Waals surface area (Å²) in [6, 6.07) is 8.28. The zero-order valence-corrected chi connectivity index (χ0v) is 10.9. The van der Waals surface area contributed by atoms with Crippen LogP contribution < -0.4 is 16.0 Å². The van der Waals surface area contributed by atoms with Crippen LogP contribution in [0.2, 0.25) is 0 Å². The van der Waals surface area contributed by atoms with Crippen molar-refractivity contribution < 1.29 is 4.79 Å². The second-order valence-electron chi connectivity index (χ2n) is 4.75. The van der Waals surface area contributed by atoms with Gasteiger partial charge in [-0.2, -0.15) is 0 Å². The largest absolute Gasteiger partial charge is 0.335 e. The van der Waals surface area contributed by atoms with Gasteiger partial charge in [-0.15, -0.1) is 0 Å². The highest BCUT2D eigenvalue weighted by atomic mass is 16.2. The van der Waals surface area contributed by atoms with Gasteiger partial charge in [-0.3, -0.25) is 4.90 Å². The van der Waals surface area contributed by atoms with E-state index in [2.05, 4.69) is 12.2 Å². The second kappa shape index (κ2) is 5.87. The maximum absolute atomic E-state index is 12.1. The Kier molecular flexibility index (Phi) is 4.20. The van der Waals surface area contributed by atoms with Crippen molar-refractivity contribution in [2.45, 2.75) is 38.8 Å². The number of rotatable bonds is 5. The number of hydrogen-bond donors (Lipinski definition) is 2. The normalized spacial score (nSPS) is 14.3. The van der Waals surface area contributed by atoms with Crippen LogP contribution in [0.5, 0.6) is 0 Å². The summed E-state index contributed by atoms with van der Waals surface area (Å²) in [4.78, 5) is 13.9. The molecule has 1 aliphatic carbocycles. The molecular formula is C14H21N3O. The van der Waals surface area contributed by atoms with Gasteiger partial charge in [-0.05, 0) is 37.0 Å². The Hall–Kier alpha value is -1.55. The topological polar surface area (TPSA) is 58.4 Å². The van der Waals surface area contributed by atoms with Gasteiger partial charge in [0.2, 0.25) is 0 Å². The fraction of sp³-hybridized carbons (Fsp3) is 0.500. The van der Waals surface area contributed by atoms with Crippen LogP contribution in [0.3, 0.4) is 0 Å². The van der Waals surface area contributed by atoms with E-state index < -0.39 is 0 Å². The number of nitrogens with two attached hydrogens (primary N) is 1. The molecule has 0 bridgehead atoms. The minimum atomic E-state index is 0.0137. The number of nitrogens with zero attached hydrogens (tertiary/aromatic N) is 1. The maximum Gasteiger partial charge on any atom is 0.322 e. The van der Waals surface area contributed by atoms with Gasteiger partial charge >= 0.3 is 6.03 Å². The van der Waals surface area contributed by atoms with Gasteiger partial charge in [0.05, 0.1) is 0 Å². The third-order valence-electron chi connectivity index (χ3n) is 3.08. The molecule has 2 rings (SSSR count). The first-order chi connectivity index (χ1) is 8.74. The van der Waals surface area contributed by atoms with Gasteiger partial charge < -0.3 is 11.1 Å². The van der Waals surface area contributed by atoms with Crippen molar-refractivity contribution >= 4 is 11.7 Å². The molecule has 1 aromatic rings. The van der Waals surface area contributed by atoms with E-state index in [1.165, 1.54) is 0 Å². The van der Waals surface area contributed by atoms with Crippen molar-refractivity contribution in [3.63, 3.8) is 0 Å². The number of anilines is 1. The molecule has 1 fully saturated rings. The van der Waals surface area contributed by atoms with E-state index in [4.69, 9.17) is 5.73 Å². The van der Waals surface area contributed by atoms with Gasteiger partial charge in [0.25, 0.3) is 0 Å². The maximum atomic E-state index is 12.1. The first-order valence-electron chi connectivity index (χ1n) is 6.61. The van der Waals surface area contributed by atoms with Crippen LogP contribution in [0.15, 0.2) is 24.3 Å². The summed E-state index contributed by atoms with van der Waals surface area (Å²) in [7, 11) is 0. The molecule has 1 aromatic carbocycles. The van der Waals surface area contributed by atoms with Crippen LogP contribution in [-0.2, 0) is 6.54 Å². The van der Waals surface area contributed by atoms with Crippen molar-refractivity contribution in [2.24, 2.45) is 5.73 Å². The lowest BCUT2D eigenvalue weighted by Gasteiger charge is -2.23. The van der Waals surface area contributed by atoms with Gasteiger partial charge in [-0.25, -0.2) is 4.79 Å². The van der Waals surface area contributed by atoms with Gasteiger partial charge in [0.1, 0.15) is 0 Å². The van der Waals surface area contributed by atoms with Crippen LogP contribution in [0.1, 0.15) is 31.7 Å². The van der Waals surface area contributed by atoms with Crippen molar-refractivity contribution in [2.75, 3.05) is 11.4 Å². The Morgan fingerprint density at radius 1 is 1.39 bits per heavy atom. The Bertz CT molecular complexity index is 398. The summed E-state index contributed by atoms with van der Waals surface area (Å²) in [6.45, 7) is 3.34. The number of amides is 2. The predicted molar refractivity (Wildman–Crippen MR) is 73.5 cm³/mol. The molecule has 2 amide bonds. The molecule has 98 valence electrons. The lowest BCUT2D eigenvalue weighted by molar-refractivity contribution is 0.246. The highest BCUT2D eigenvalue weighted by Crippen LogP contribution is 2.21. The molecule has 1 aliphatic rings. The van der Waals surface area contributed by atoms with E-state index in [-0.39, 0.29) is 6.03 Å². The van der Waals surface area contributed by atoms with E-state index >= 15 is 0 Å². The van der Waals surface area contributed by atoms with E-state index in [9.17, 15) is 4.79 Å². The summed E-state index contributed by atoms with van der Waals surface area (Å²) < 4.78 is 0. The van der Waals surface area contributed by atoms with Crippen LogP contribution in [-0.4, -0.2) is 18.6 Å². The molecule has 0 radical (unpaired) electrons. The third-order valence-corrected chi connectivity index (χ3v) is 3.08. The zero-order chi connectivity index (χ0) is 13.0. The minimum Gasteiger partial charge on any atom is -0.335 e. The Balaban J connectivity index is 2.08. The van der Waals surface area contributed by atoms with E-state index in [1.807, 2.05) is 24.3 Å². The van der Waals surface area contributed by atoms with Crippen molar-refractivity contribution in [3.8, 4) is 0 Å². The number of benzene rings is 1. The molecule has 0 unspecified atom stereocenters. The van der Waals surface area contributed by atoms with E-state index in [1.54, 1.807) is 4.90 Å². The zero-order valence-electron chi connectivity index (χ0n) is 10.9. The Morgan fingerprint density at radius 2 is 2.06 bits per heavy atom. The number of hydrogen-bond acceptors (Lipinski definition) is 2. The molecule has 0 spiro atoms. The van der Waals surface area contributed by atoms with Crippen LogP contribution in [0.25, 0.3) is 0 Å². The summed E-state index contributed by atoms with van der Waals surface area (Å²) in [6.07, 6.45) is 3.16. The molecular weight excluding hydrogens is 226 g/mol. The average Bonchev–Trinajstić information content (AvgIpc) is 3.20. The molecule has 0 aliphatic heterocycles. The van der Waals surface area contributed by atoms with E-state index in [0.29, 0.717) is 12.6 Å². The number of urea groups is 1. The molecule has 1 saturated carbocycles. The molecule has 3 N–H and O–H groups in total. The van der Waals surface area contributed by atoms with Crippen LogP contribution in [0.4, 0.5) is 10.5 Å². The monoisotopic (exact) mass is 247 g/mol. The summed E-state index contributed by atoms with van der Waals surface area (Å²) in [5.74, 6) is 0. The molecule has 0 saturated heterocycles. The fourth-order valence-electron chi connectivity index (χ4n) is 1.86. The van der Waals surface area contributed by atoms with Gasteiger partial charge in [0.15, 0.2) is 0 Å². The number of nitrogens with one attached hydrogen (secondary N) is 1. The third kappa shape index (κ3) is 3.23. The smallest absolute Gasteiger partial charge is 0.322 e. The highest BCUT2D eigenvalue weighted by Gasteiger charge is 2.26. The Morgan fingerprint density at radius 3 is 2.56 bits per heavy atom. The van der Waals surface area contributed by atoms with Crippen molar-refractivity contribution in [1.29, 1.82) is 0 Å².